The van der Waals surface area contributed by atoms with Gasteiger partial charge in [-0.05, 0) is 24.5 Å². The van der Waals surface area contributed by atoms with E-state index in [0.717, 1.165) is 0 Å². The van der Waals surface area contributed by atoms with Crippen LogP contribution >= 0.6 is 0 Å². The Morgan fingerprint density at radius 2 is 1.71 bits per heavy atom. The third kappa shape index (κ3) is 4.77. The number of halogens is 3. The van der Waals surface area contributed by atoms with Crippen molar-refractivity contribution in [1.82, 2.24) is 5.32 Å². The van der Waals surface area contributed by atoms with Gasteiger partial charge in [-0.15, -0.1) is 0 Å². The van der Waals surface area contributed by atoms with E-state index in [9.17, 15) is 22.8 Å². The molecule has 0 fully saturated rings. The van der Waals surface area contributed by atoms with E-state index in [-0.39, 0.29) is 12.5 Å². The molecule has 1 aromatic carbocycles. The van der Waals surface area contributed by atoms with Crippen molar-refractivity contribution in [2.75, 3.05) is 6.54 Å². The van der Waals surface area contributed by atoms with Crippen molar-refractivity contribution in [3.8, 4) is 0 Å². The molecule has 0 bridgehead atoms. The average Bonchev–Trinajstić information content (AvgIpc) is 2.39. The van der Waals surface area contributed by atoms with Gasteiger partial charge in [0, 0.05) is 12.1 Å². The minimum absolute atomic E-state index is 0.115. The predicted octanol–water partition coefficient (Wildman–Crippen LogP) is 2.58. The number of amides is 1. The maximum atomic E-state index is 13.0. The van der Waals surface area contributed by atoms with Crippen LogP contribution in [0.4, 0.5) is 13.2 Å². The summed E-state index contributed by atoms with van der Waals surface area (Å²) in [7, 11) is 0. The molecule has 21 heavy (non-hydrogen) atoms. The Morgan fingerprint density at radius 1 is 1.19 bits per heavy atom. The van der Waals surface area contributed by atoms with Gasteiger partial charge < -0.3 is 10.4 Å². The Balaban J connectivity index is 2.75. The highest BCUT2D eigenvalue weighted by Gasteiger charge is 2.21. The highest BCUT2D eigenvalue weighted by Crippen LogP contribution is 2.14. The molecule has 4 nitrogen and oxygen atoms in total. The molecule has 0 aliphatic rings. The highest BCUT2D eigenvalue weighted by atomic mass is 19.2. The Kier molecular flexibility index (Phi) is 5.75. The van der Waals surface area contributed by atoms with Crippen molar-refractivity contribution in [1.29, 1.82) is 0 Å². The molecule has 2 N–H and O–H groups in total. The Morgan fingerprint density at radius 3 is 2.14 bits per heavy atom. The van der Waals surface area contributed by atoms with Crippen LogP contribution in [0, 0.1) is 29.3 Å². The highest BCUT2D eigenvalue weighted by molar-refractivity contribution is 5.94. The van der Waals surface area contributed by atoms with Gasteiger partial charge in [0.25, 0.3) is 5.91 Å². The molecule has 0 aromatic heterocycles. The number of rotatable bonds is 6. The number of carbonyl (C=O) groups is 2. The molecule has 1 unspecified atom stereocenters. The van der Waals surface area contributed by atoms with E-state index in [1.807, 2.05) is 13.8 Å². The quantitative estimate of drug-likeness (QED) is 0.794. The molecule has 0 heterocycles. The van der Waals surface area contributed by atoms with Crippen molar-refractivity contribution in [2.45, 2.75) is 20.3 Å². The lowest BCUT2D eigenvalue weighted by Gasteiger charge is -2.15. The van der Waals surface area contributed by atoms with Crippen molar-refractivity contribution >= 4 is 11.9 Å². The first-order chi connectivity index (χ1) is 9.72. The van der Waals surface area contributed by atoms with Gasteiger partial charge in [-0.2, -0.15) is 0 Å². The van der Waals surface area contributed by atoms with Gasteiger partial charge in [0.2, 0.25) is 0 Å². The summed E-state index contributed by atoms with van der Waals surface area (Å²) in [5.74, 6) is -7.22. The molecular weight excluding hydrogens is 287 g/mol. The Labute approximate surface area is 120 Å². The molecule has 0 saturated heterocycles. The number of carboxylic acid groups (broad SMARTS) is 1. The summed E-state index contributed by atoms with van der Waals surface area (Å²) in [6.45, 7) is 3.50. The molecule has 1 aromatic rings. The fourth-order valence-corrected chi connectivity index (χ4v) is 1.85. The molecule has 0 aliphatic carbocycles. The number of hydrogen-bond acceptors (Lipinski definition) is 2. The summed E-state index contributed by atoms with van der Waals surface area (Å²) in [6.07, 6.45) is 0.349. The predicted molar refractivity (Wildman–Crippen MR) is 69.2 cm³/mol. The SMILES string of the molecule is CC(C)CC(CNC(=O)c1cc(F)c(F)c(F)c1)C(=O)O. The fourth-order valence-electron chi connectivity index (χ4n) is 1.85. The van der Waals surface area contributed by atoms with Gasteiger partial charge in [-0.3, -0.25) is 9.59 Å². The van der Waals surface area contributed by atoms with Gasteiger partial charge in [0.05, 0.1) is 5.92 Å². The molecule has 7 heteroatoms. The first-order valence-corrected chi connectivity index (χ1v) is 6.38. The zero-order valence-corrected chi connectivity index (χ0v) is 11.6. The zero-order chi connectivity index (χ0) is 16.2. The summed E-state index contributed by atoms with van der Waals surface area (Å²) in [5, 5.41) is 11.3. The summed E-state index contributed by atoms with van der Waals surface area (Å²) in [6, 6.07) is 1.12. The molecule has 0 saturated carbocycles. The molecule has 0 aliphatic heterocycles. The van der Waals surface area contributed by atoms with Crippen LogP contribution in [0.1, 0.15) is 30.6 Å². The topological polar surface area (TPSA) is 66.4 Å². The average molecular weight is 303 g/mol. The minimum atomic E-state index is -1.66. The monoisotopic (exact) mass is 303 g/mol. The van der Waals surface area contributed by atoms with Gasteiger partial charge >= 0.3 is 5.97 Å². The summed E-state index contributed by atoms with van der Waals surface area (Å²) in [4.78, 5) is 22.7. The maximum Gasteiger partial charge on any atom is 0.308 e. The number of aliphatic carboxylic acids is 1. The van der Waals surface area contributed by atoms with E-state index < -0.39 is 40.8 Å². The molecular formula is C14H16F3NO3. The second kappa shape index (κ2) is 7.10. The van der Waals surface area contributed by atoms with E-state index >= 15 is 0 Å². The number of nitrogens with one attached hydrogen (secondary N) is 1. The lowest BCUT2D eigenvalue weighted by molar-refractivity contribution is -0.142. The van der Waals surface area contributed by atoms with Crippen LogP contribution in [0.25, 0.3) is 0 Å². The molecule has 0 radical (unpaired) electrons. The third-order valence-corrected chi connectivity index (χ3v) is 2.86. The number of hydrogen-bond donors (Lipinski definition) is 2. The normalized spacial score (nSPS) is 12.3. The van der Waals surface area contributed by atoms with Crippen LogP contribution in [0.2, 0.25) is 0 Å². The number of carbonyl (C=O) groups excluding carboxylic acids is 1. The fraction of sp³-hybridized carbons (Fsp3) is 0.429. The first-order valence-electron chi connectivity index (χ1n) is 6.38. The lowest BCUT2D eigenvalue weighted by Crippen LogP contribution is -2.33. The van der Waals surface area contributed by atoms with Crippen LogP contribution in [-0.2, 0) is 4.79 Å². The second-order valence-electron chi connectivity index (χ2n) is 5.13. The van der Waals surface area contributed by atoms with Crippen LogP contribution in [0.15, 0.2) is 12.1 Å². The molecule has 116 valence electrons. The maximum absolute atomic E-state index is 13.0. The standard InChI is InChI=1S/C14H16F3NO3/c1-7(2)3-9(14(20)21)6-18-13(19)8-4-10(15)12(17)11(16)5-8/h4-5,7,9H,3,6H2,1-2H3,(H,18,19)(H,20,21). The Hall–Kier alpha value is -2.05. The summed E-state index contributed by atoms with van der Waals surface area (Å²) >= 11 is 0. The van der Waals surface area contributed by atoms with Crippen molar-refractivity contribution in [2.24, 2.45) is 11.8 Å². The van der Waals surface area contributed by atoms with Gasteiger partial charge in [0.15, 0.2) is 17.5 Å². The number of carboxylic acids is 1. The van der Waals surface area contributed by atoms with Crippen LogP contribution in [0.5, 0.6) is 0 Å². The van der Waals surface area contributed by atoms with E-state index in [2.05, 4.69) is 5.32 Å². The van der Waals surface area contributed by atoms with Crippen molar-refractivity contribution in [3.05, 3.63) is 35.1 Å². The van der Waals surface area contributed by atoms with E-state index in [4.69, 9.17) is 5.11 Å². The Bertz CT molecular complexity index is 523. The van der Waals surface area contributed by atoms with E-state index in [1.165, 1.54) is 0 Å². The minimum Gasteiger partial charge on any atom is -0.481 e. The van der Waals surface area contributed by atoms with Crippen LogP contribution in [0.3, 0.4) is 0 Å². The van der Waals surface area contributed by atoms with E-state index in [1.54, 1.807) is 0 Å². The second-order valence-corrected chi connectivity index (χ2v) is 5.13. The molecule has 1 amide bonds. The first kappa shape index (κ1) is 17.0. The van der Waals surface area contributed by atoms with E-state index in [0.29, 0.717) is 18.6 Å². The lowest BCUT2D eigenvalue weighted by atomic mass is 9.97. The van der Waals surface area contributed by atoms with Crippen LogP contribution in [-0.4, -0.2) is 23.5 Å². The smallest absolute Gasteiger partial charge is 0.308 e. The van der Waals surface area contributed by atoms with Gasteiger partial charge in [0.1, 0.15) is 0 Å². The van der Waals surface area contributed by atoms with Gasteiger partial charge in [-0.25, -0.2) is 13.2 Å². The van der Waals surface area contributed by atoms with Crippen molar-refractivity contribution < 1.29 is 27.9 Å². The van der Waals surface area contributed by atoms with Gasteiger partial charge in [-0.1, -0.05) is 13.8 Å². The van der Waals surface area contributed by atoms with Crippen LogP contribution < -0.4 is 5.32 Å². The zero-order valence-electron chi connectivity index (χ0n) is 11.6. The molecule has 1 rings (SSSR count). The van der Waals surface area contributed by atoms with Crippen molar-refractivity contribution in [3.63, 3.8) is 0 Å². The third-order valence-electron chi connectivity index (χ3n) is 2.86. The summed E-state index contributed by atoms with van der Waals surface area (Å²) < 4.78 is 38.8. The molecule has 1 atom stereocenters. The molecule has 0 spiro atoms. The summed E-state index contributed by atoms with van der Waals surface area (Å²) in [5.41, 5.74) is -0.403. The largest absolute Gasteiger partial charge is 0.481 e. The number of benzene rings is 1.